The maximum atomic E-state index is 5.17. The van der Waals surface area contributed by atoms with E-state index in [2.05, 4.69) is 18.4 Å². The first kappa shape index (κ1) is 6.62. The van der Waals surface area contributed by atoms with Crippen molar-refractivity contribution < 1.29 is 4.74 Å². The molecule has 0 aromatic carbocycles. The number of nitrogens with zero attached hydrogens (tertiary/aromatic N) is 1. The number of hydrogen-bond acceptors (Lipinski definition) is 2. The molecule has 0 saturated carbocycles. The summed E-state index contributed by atoms with van der Waals surface area (Å²) >= 11 is 0. The summed E-state index contributed by atoms with van der Waals surface area (Å²) in [6.07, 6.45) is 0. The highest BCUT2D eigenvalue weighted by molar-refractivity contribution is 4.95. The van der Waals surface area contributed by atoms with Gasteiger partial charge >= 0.3 is 0 Å². The highest BCUT2D eigenvalue weighted by Crippen LogP contribution is 2.06. The van der Waals surface area contributed by atoms with Crippen LogP contribution in [0, 0.1) is 0 Å². The number of likely N-dealkylation sites (N-methyl/N-ethyl adjacent to an activating group) is 1. The van der Waals surface area contributed by atoms with Gasteiger partial charge in [0.1, 0.15) is 0 Å². The minimum absolute atomic E-state index is 0.716. The van der Waals surface area contributed by atoms with Crippen molar-refractivity contribution in [3.05, 3.63) is 12.3 Å². The molecule has 1 aliphatic rings. The molecule has 0 N–H and O–H groups in total. The van der Waals surface area contributed by atoms with Crippen molar-refractivity contribution >= 4 is 0 Å². The second-order valence-corrected chi connectivity index (χ2v) is 2.20. The van der Waals surface area contributed by atoms with E-state index in [-0.39, 0.29) is 0 Å². The lowest BCUT2D eigenvalue weighted by atomic mass is 10.3. The van der Waals surface area contributed by atoms with Crippen LogP contribution in [-0.4, -0.2) is 31.2 Å². The van der Waals surface area contributed by atoms with Crippen molar-refractivity contribution in [1.82, 2.24) is 4.90 Å². The fourth-order valence-electron chi connectivity index (χ4n) is 0.996. The molecule has 0 radical (unpaired) electrons. The largest absolute Gasteiger partial charge is 0.373 e. The Hall–Kier alpha value is -0.500. The summed E-state index contributed by atoms with van der Waals surface area (Å²) in [5.74, 6) is 0. The van der Waals surface area contributed by atoms with Crippen LogP contribution in [0.15, 0.2) is 12.3 Å². The van der Waals surface area contributed by atoms with Crippen LogP contribution in [0.1, 0.15) is 6.92 Å². The fraction of sp³-hybridized carbons (Fsp3) is 0.714. The van der Waals surface area contributed by atoms with Gasteiger partial charge in [-0.15, -0.1) is 0 Å². The number of hydrogen-bond donors (Lipinski definition) is 0. The molecule has 0 bridgehead atoms. The minimum atomic E-state index is 0.716. The molecule has 0 amide bonds. The van der Waals surface area contributed by atoms with Crippen LogP contribution in [0.25, 0.3) is 0 Å². The van der Waals surface area contributed by atoms with E-state index in [1.54, 1.807) is 0 Å². The van der Waals surface area contributed by atoms with E-state index in [0.717, 1.165) is 25.4 Å². The SMILES string of the molecule is C=C1COCCN1CC. The van der Waals surface area contributed by atoms with Crippen LogP contribution >= 0.6 is 0 Å². The Morgan fingerprint density at radius 2 is 2.56 bits per heavy atom. The lowest BCUT2D eigenvalue weighted by Gasteiger charge is -2.29. The molecule has 2 nitrogen and oxygen atoms in total. The summed E-state index contributed by atoms with van der Waals surface area (Å²) in [6.45, 7) is 9.64. The zero-order valence-corrected chi connectivity index (χ0v) is 5.89. The average molecular weight is 127 g/mol. The van der Waals surface area contributed by atoms with Gasteiger partial charge in [-0.05, 0) is 6.92 Å². The van der Waals surface area contributed by atoms with Crippen molar-refractivity contribution in [1.29, 1.82) is 0 Å². The topological polar surface area (TPSA) is 12.5 Å². The molecule has 0 unspecified atom stereocenters. The Bertz CT molecular complexity index is 111. The van der Waals surface area contributed by atoms with Gasteiger partial charge < -0.3 is 9.64 Å². The third kappa shape index (κ3) is 1.45. The first-order chi connectivity index (χ1) is 4.34. The molecule has 1 fully saturated rings. The van der Waals surface area contributed by atoms with Crippen LogP contribution in [0.5, 0.6) is 0 Å². The van der Waals surface area contributed by atoms with E-state index in [0.29, 0.717) is 6.61 Å². The zero-order chi connectivity index (χ0) is 6.69. The molecule has 1 aliphatic heterocycles. The normalized spacial score (nSPS) is 20.6. The van der Waals surface area contributed by atoms with Gasteiger partial charge in [-0.2, -0.15) is 0 Å². The molecule has 0 atom stereocenters. The quantitative estimate of drug-likeness (QED) is 0.518. The maximum Gasteiger partial charge on any atom is 0.0859 e. The van der Waals surface area contributed by atoms with Crippen molar-refractivity contribution in [2.75, 3.05) is 26.3 Å². The van der Waals surface area contributed by atoms with Crippen LogP contribution < -0.4 is 0 Å². The molecule has 1 rings (SSSR count). The molecule has 1 saturated heterocycles. The Balaban J connectivity index is 2.39. The van der Waals surface area contributed by atoms with Gasteiger partial charge in [0, 0.05) is 18.8 Å². The molecule has 0 aromatic heterocycles. The Kier molecular flexibility index (Phi) is 2.11. The van der Waals surface area contributed by atoms with Gasteiger partial charge in [-0.1, -0.05) is 6.58 Å². The van der Waals surface area contributed by atoms with E-state index in [1.807, 2.05) is 0 Å². The monoisotopic (exact) mass is 127 g/mol. The molecular formula is C7H13NO. The number of rotatable bonds is 1. The second kappa shape index (κ2) is 2.87. The summed E-state index contributed by atoms with van der Waals surface area (Å²) in [4.78, 5) is 2.24. The summed E-state index contributed by atoms with van der Waals surface area (Å²) in [5, 5.41) is 0. The van der Waals surface area contributed by atoms with Crippen molar-refractivity contribution in [3.63, 3.8) is 0 Å². The predicted octanol–water partition coefficient (Wildman–Crippen LogP) is 0.852. The first-order valence-corrected chi connectivity index (χ1v) is 3.35. The van der Waals surface area contributed by atoms with Gasteiger partial charge in [0.15, 0.2) is 0 Å². The second-order valence-electron chi connectivity index (χ2n) is 2.20. The predicted molar refractivity (Wildman–Crippen MR) is 37.2 cm³/mol. The van der Waals surface area contributed by atoms with Crippen molar-refractivity contribution in [2.45, 2.75) is 6.92 Å². The molecule has 0 aliphatic carbocycles. The molecule has 52 valence electrons. The summed E-state index contributed by atoms with van der Waals surface area (Å²) in [7, 11) is 0. The van der Waals surface area contributed by atoms with E-state index >= 15 is 0 Å². The van der Waals surface area contributed by atoms with Gasteiger partial charge in [0.25, 0.3) is 0 Å². The third-order valence-electron chi connectivity index (χ3n) is 1.60. The zero-order valence-electron chi connectivity index (χ0n) is 5.89. The van der Waals surface area contributed by atoms with Gasteiger partial charge in [-0.25, -0.2) is 0 Å². The lowest BCUT2D eigenvalue weighted by Crippen LogP contribution is -2.33. The van der Waals surface area contributed by atoms with Crippen LogP contribution in [-0.2, 0) is 4.74 Å². The molecular weight excluding hydrogens is 114 g/mol. The van der Waals surface area contributed by atoms with Crippen molar-refractivity contribution in [2.24, 2.45) is 0 Å². The van der Waals surface area contributed by atoms with Crippen LogP contribution in [0.4, 0.5) is 0 Å². The lowest BCUT2D eigenvalue weighted by molar-refractivity contribution is 0.0763. The molecule has 2 heteroatoms. The maximum absolute atomic E-state index is 5.17. The molecule has 0 spiro atoms. The standard InChI is InChI=1S/C7H13NO/c1-3-8-4-5-9-6-7(8)2/h2-6H2,1H3. The van der Waals surface area contributed by atoms with Crippen LogP contribution in [0.2, 0.25) is 0 Å². The minimum Gasteiger partial charge on any atom is -0.373 e. The van der Waals surface area contributed by atoms with Crippen molar-refractivity contribution in [3.8, 4) is 0 Å². The van der Waals surface area contributed by atoms with Crippen LogP contribution in [0.3, 0.4) is 0 Å². The Morgan fingerprint density at radius 1 is 1.78 bits per heavy atom. The smallest absolute Gasteiger partial charge is 0.0859 e. The highest BCUT2D eigenvalue weighted by Gasteiger charge is 2.09. The fourth-order valence-corrected chi connectivity index (χ4v) is 0.996. The third-order valence-corrected chi connectivity index (χ3v) is 1.60. The summed E-state index contributed by atoms with van der Waals surface area (Å²) in [6, 6.07) is 0. The summed E-state index contributed by atoms with van der Waals surface area (Å²) < 4.78 is 5.17. The highest BCUT2D eigenvalue weighted by atomic mass is 16.5. The van der Waals surface area contributed by atoms with Gasteiger partial charge in [0.2, 0.25) is 0 Å². The Morgan fingerprint density at radius 3 is 3.00 bits per heavy atom. The summed E-state index contributed by atoms with van der Waals surface area (Å²) in [5.41, 5.74) is 1.11. The Labute approximate surface area is 56.1 Å². The molecule has 9 heavy (non-hydrogen) atoms. The van der Waals surface area contributed by atoms with E-state index in [1.165, 1.54) is 0 Å². The van der Waals surface area contributed by atoms with E-state index in [4.69, 9.17) is 4.74 Å². The van der Waals surface area contributed by atoms with Gasteiger partial charge in [-0.3, -0.25) is 0 Å². The molecule has 1 heterocycles. The number of ether oxygens (including phenoxy) is 1. The number of morpholine rings is 1. The average Bonchev–Trinajstić information content (AvgIpc) is 1.89. The van der Waals surface area contributed by atoms with E-state index < -0.39 is 0 Å². The molecule has 0 aromatic rings. The van der Waals surface area contributed by atoms with Gasteiger partial charge in [0.05, 0.1) is 13.2 Å². The van der Waals surface area contributed by atoms with E-state index in [9.17, 15) is 0 Å². The first-order valence-electron chi connectivity index (χ1n) is 3.35.